The van der Waals surface area contributed by atoms with Crippen molar-refractivity contribution in [2.75, 3.05) is 13.2 Å². The number of benzene rings is 3. The molecule has 0 radical (unpaired) electrons. The van der Waals surface area contributed by atoms with Crippen LogP contribution in [0.15, 0.2) is 66.2 Å². The van der Waals surface area contributed by atoms with Gasteiger partial charge in [0.15, 0.2) is 5.79 Å². The molecular weight excluding hydrogens is 488 g/mol. The molecule has 0 amide bonds. The molecule has 5 atom stereocenters. The number of carboxylic acids is 1. The molecule has 5 heteroatoms. The second-order valence-electron chi connectivity index (χ2n) is 12.7. The molecule has 1 aliphatic heterocycles. The third-order valence-electron chi connectivity index (χ3n) is 9.48. The van der Waals surface area contributed by atoms with Crippen LogP contribution in [0, 0.1) is 17.8 Å². The summed E-state index contributed by atoms with van der Waals surface area (Å²) < 4.78 is 18.4. The quantitative estimate of drug-likeness (QED) is 0.341. The zero-order valence-electron chi connectivity index (χ0n) is 22.9. The monoisotopic (exact) mass is 524 g/mol. The Morgan fingerprint density at radius 1 is 1.00 bits per heavy atom. The van der Waals surface area contributed by atoms with Crippen LogP contribution in [-0.2, 0) is 14.9 Å². The molecule has 0 aromatic heterocycles. The smallest absolute Gasteiger partial charge is 0.335 e. The van der Waals surface area contributed by atoms with Crippen molar-refractivity contribution < 1.29 is 24.1 Å². The van der Waals surface area contributed by atoms with E-state index in [0.717, 1.165) is 40.3 Å². The zero-order chi connectivity index (χ0) is 26.9. The van der Waals surface area contributed by atoms with E-state index in [-0.39, 0.29) is 11.5 Å². The average Bonchev–Trinajstić information content (AvgIpc) is 3.36. The van der Waals surface area contributed by atoms with E-state index in [1.54, 1.807) is 17.7 Å². The van der Waals surface area contributed by atoms with E-state index in [1.165, 1.54) is 30.4 Å². The van der Waals surface area contributed by atoms with Crippen molar-refractivity contribution >= 4 is 16.7 Å². The number of rotatable bonds is 6. The Bertz CT molecular complexity index is 1500. The Hall–Kier alpha value is -3.15. The maximum Gasteiger partial charge on any atom is 0.335 e. The van der Waals surface area contributed by atoms with Gasteiger partial charge in [-0.3, -0.25) is 0 Å². The maximum absolute atomic E-state index is 11.4. The molecule has 2 bridgehead atoms. The first-order valence-electron chi connectivity index (χ1n) is 14.3. The van der Waals surface area contributed by atoms with Crippen molar-refractivity contribution in [3.63, 3.8) is 0 Å². The van der Waals surface area contributed by atoms with E-state index < -0.39 is 11.8 Å². The van der Waals surface area contributed by atoms with Crippen LogP contribution in [-0.4, -0.2) is 36.2 Å². The summed E-state index contributed by atoms with van der Waals surface area (Å²) in [5, 5.41) is 11.3. The molecule has 1 saturated heterocycles. The third-order valence-corrected chi connectivity index (χ3v) is 9.48. The van der Waals surface area contributed by atoms with E-state index in [2.05, 4.69) is 43.3 Å². The minimum Gasteiger partial charge on any atom is -0.490 e. The van der Waals surface area contributed by atoms with Gasteiger partial charge in [-0.05, 0) is 110 Å². The number of ether oxygens (including phenoxy) is 3. The van der Waals surface area contributed by atoms with Crippen molar-refractivity contribution in [2.24, 2.45) is 17.8 Å². The lowest BCUT2D eigenvalue weighted by Crippen LogP contribution is -2.29. The number of fused-ring (bicyclic) bond motifs is 2. The number of carbonyl (C=O) groups is 1. The maximum atomic E-state index is 11.4. The van der Waals surface area contributed by atoms with Crippen LogP contribution in [0.5, 0.6) is 5.75 Å². The first-order valence-corrected chi connectivity index (χ1v) is 14.3. The zero-order valence-corrected chi connectivity index (χ0v) is 22.9. The summed E-state index contributed by atoms with van der Waals surface area (Å²) in [4.78, 5) is 11.4. The van der Waals surface area contributed by atoms with Crippen LogP contribution < -0.4 is 4.74 Å². The number of hydrogen-bond donors (Lipinski definition) is 1. The minimum absolute atomic E-state index is 0.0812. The topological polar surface area (TPSA) is 65.0 Å². The van der Waals surface area contributed by atoms with Gasteiger partial charge in [-0.1, -0.05) is 42.8 Å². The fourth-order valence-corrected chi connectivity index (χ4v) is 7.82. The predicted octanol–water partition coefficient (Wildman–Crippen LogP) is 7.37. The van der Waals surface area contributed by atoms with Crippen LogP contribution in [0.25, 0.3) is 21.9 Å². The first-order chi connectivity index (χ1) is 18.7. The van der Waals surface area contributed by atoms with Crippen LogP contribution in [0.4, 0.5) is 0 Å². The summed E-state index contributed by atoms with van der Waals surface area (Å²) in [6, 6.07) is 18.3. The van der Waals surface area contributed by atoms with E-state index >= 15 is 0 Å². The molecule has 7 rings (SSSR count). The van der Waals surface area contributed by atoms with Crippen molar-refractivity contribution in [2.45, 2.75) is 63.8 Å². The number of aromatic carboxylic acids is 1. The van der Waals surface area contributed by atoms with Crippen molar-refractivity contribution in [3.8, 4) is 16.9 Å². The van der Waals surface area contributed by atoms with Gasteiger partial charge in [0.2, 0.25) is 0 Å². The summed E-state index contributed by atoms with van der Waals surface area (Å²) in [5.41, 5.74) is 5.72. The van der Waals surface area contributed by atoms with Crippen LogP contribution in [0.3, 0.4) is 0 Å². The average molecular weight is 525 g/mol. The predicted molar refractivity (Wildman–Crippen MR) is 151 cm³/mol. The molecular formula is C34H36O5. The largest absolute Gasteiger partial charge is 0.490 e. The second kappa shape index (κ2) is 8.94. The van der Waals surface area contributed by atoms with Gasteiger partial charge in [-0.2, -0.15) is 0 Å². The molecule has 2 saturated carbocycles. The summed E-state index contributed by atoms with van der Waals surface area (Å²) >= 11 is 0. The summed E-state index contributed by atoms with van der Waals surface area (Å²) in [7, 11) is 0. The van der Waals surface area contributed by atoms with E-state index in [9.17, 15) is 9.90 Å². The Morgan fingerprint density at radius 2 is 1.77 bits per heavy atom. The third kappa shape index (κ3) is 4.36. The van der Waals surface area contributed by atoms with Gasteiger partial charge in [0.1, 0.15) is 18.5 Å². The van der Waals surface area contributed by atoms with Gasteiger partial charge >= 0.3 is 5.97 Å². The fraction of sp³-hybridized carbons (Fsp3) is 0.441. The Labute approximate surface area is 229 Å². The van der Waals surface area contributed by atoms with Crippen LogP contribution in [0.2, 0.25) is 0 Å². The molecule has 3 aromatic carbocycles. The first kappa shape index (κ1) is 24.9. The van der Waals surface area contributed by atoms with Gasteiger partial charge in [0.05, 0.1) is 12.2 Å². The Balaban J connectivity index is 1.26. The van der Waals surface area contributed by atoms with Crippen molar-refractivity contribution in [1.29, 1.82) is 0 Å². The van der Waals surface area contributed by atoms with Gasteiger partial charge in [-0.25, -0.2) is 4.79 Å². The molecule has 3 aromatic rings. The highest BCUT2D eigenvalue weighted by Crippen LogP contribution is 2.64. The van der Waals surface area contributed by atoms with Crippen LogP contribution >= 0.6 is 0 Å². The van der Waals surface area contributed by atoms with Crippen molar-refractivity contribution in [1.82, 2.24) is 0 Å². The summed E-state index contributed by atoms with van der Waals surface area (Å²) in [5.74, 6) is 1.57. The molecule has 1 N–H and O–H groups in total. The Morgan fingerprint density at radius 3 is 2.56 bits per heavy atom. The molecule has 3 fully saturated rings. The van der Waals surface area contributed by atoms with Gasteiger partial charge in [0.25, 0.3) is 0 Å². The fourth-order valence-electron chi connectivity index (χ4n) is 7.82. The van der Waals surface area contributed by atoms with Gasteiger partial charge in [0, 0.05) is 11.0 Å². The lowest BCUT2D eigenvalue weighted by molar-refractivity contribution is -0.141. The molecule has 39 heavy (non-hydrogen) atoms. The molecule has 202 valence electrons. The summed E-state index contributed by atoms with van der Waals surface area (Å²) in [6.07, 6.45) is 7.31. The number of hydrogen-bond acceptors (Lipinski definition) is 4. The second-order valence-corrected chi connectivity index (χ2v) is 12.7. The Kier molecular flexibility index (Phi) is 5.70. The number of carboxylic acid groups (broad SMARTS) is 1. The molecule has 5 unspecified atom stereocenters. The molecule has 1 heterocycles. The standard InChI is InChI=1S/C34H36O5/c1-20-10-26-13-27-16-34(15-20,17-29(26)27)30-14-24(8-9-31(30)37-18-28-19-38-33(2,3)39-28)22-4-5-23-12-25(32(35)36)7-6-21(23)11-22/h4-12,14,20,27-29H,13,15-19H2,1-3H3,(H,35,36). The summed E-state index contributed by atoms with van der Waals surface area (Å²) in [6.45, 7) is 7.28. The molecule has 4 aliphatic rings. The van der Waals surface area contributed by atoms with E-state index in [4.69, 9.17) is 14.2 Å². The normalized spacial score (nSPS) is 30.5. The molecule has 0 spiro atoms. The minimum atomic E-state index is -0.903. The van der Waals surface area contributed by atoms with Crippen molar-refractivity contribution in [3.05, 3.63) is 77.4 Å². The SMILES string of the molecule is CC1C=C2CC3CC(c4cc(-c5ccc6cc(C(=O)O)ccc6c5)ccc4OCC4COC(C)(C)O4)(C1)CC23. The van der Waals surface area contributed by atoms with E-state index in [0.29, 0.717) is 24.7 Å². The number of allylic oxidation sites excluding steroid dienone is 2. The van der Waals surface area contributed by atoms with Crippen LogP contribution in [0.1, 0.15) is 62.4 Å². The molecule has 5 nitrogen and oxygen atoms in total. The van der Waals surface area contributed by atoms with Gasteiger partial charge in [-0.15, -0.1) is 0 Å². The highest BCUT2D eigenvalue weighted by Gasteiger charge is 2.55. The van der Waals surface area contributed by atoms with Gasteiger partial charge < -0.3 is 19.3 Å². The lowest BCUT2D eigenvalue weighted by atomic mass is 9.68. The lowest BCUT2D eigenvalue weighted by Gasteiger charge is -2.37. The highest BCUT2D eigenvalue weighted by atomic mass is 16.7. The molecule has 3 aliphatic carbocycles. The highest BCUT2D eigenvalue weighted by molar-refractivity contribution is 5.95. The van der Waals surface area contributed by atoms with E-state index in [1.807, 2.05) is 26.0 Å².